The van der Waals surface area contributed by atoms with Gasteiger partial charge in [0.25, 0.3) is 0 Å². The van der Waals surface area contributed by atoms with Crippen LogP contribution in [0.25, 0.3) is 39.0 Å². The third-order valence-corrected chi connectivity index (χ3v) is 11.9. The summed E-state index contributed by atoms with van der Waals surface area (Å²) in [5.74, 6) is 0.374. The van der Waals surface area contributed by atoms with Crippen molar-refractivity contribution in [1.29, 1.82) is 0 Å². The number of halogens is 3. The molecule has 1 spiro atoms. The summed E-state index contributed by atoms with van der Waals surface area (Å²) in [5.41, 5.74) is 2.43. The van der Waals surface area contributed by atoms with Crippen molar-refractivity contribution in [2.75, 3.05) is 57.0 Å². The van der Waals surface area contributed by atoms with Crippen molar-refractivity contribution in [3.8, 4) is 22.9 Å². The van der Waals surface area contributed by atoms with E-state index in [2.05, 4.69) is 21.7 Å². The summed E-state index contributed by atoms with van der Waals surface area (Å²) in [6.45, 7) is 12.6. The molecule has 7 rings (SSSR count). The van der Waals surface area contributed by atoms with Crippen LogP contribution in [0.5, 0.6) is 11.8 Å². The van der Waals surface area contributed by atoms with Gasteiger partial charge in [0, 0.05) is 61.0 Å². The number of ether oxygens (including phenoxy) is 3. The van der Waals surface area contributed by atoms with E-state index in [4.69, 9.17) is 24.2 Å². The van der Waals surface area contributed by atoms with Gasteiger partial charge in [-0.15, -0.1) is 0 Å². The smallest absolute Gasteiger partial charge is 0.422 e. The summed E-state index contributed by atoms with van der Waals surface area (Å²) in [6.07, 6.45) is 1.17. The number of nitrogens with zero attached hydrogens (tertiary/aromatic N) is 6. The molecule has 2 aromatic heterocycles. The summed E-state index contributed by atoms with van der Waals surface area (Å²) < 4.78 is 85.4. The second kappa shape index (κ2) is 14.1. The van der Waals surface area contributed by atoms with Crippen molar-refractivity contribution in [3.05, 3.63) is 42.1 Å². The van der Waals surface area contributed by atoms with Gasteiger partial charge in [0.1, 0.15) is 23.0 Å². The van der Waals surface area contributed by atoms with Gasteiger partial charge in [-0.05, 0) is 82.2 Å². The van der Waals surface area contributed by atoms with Crippen LogP contribution < -0.4 is 14.4 Å². The Hall–Kier alpha value is -4.64. The van der Waals surface area contributed by atoms with Crippen LogP contribution in [0.4, 0.5) is 23.8 Å². The van der Waals surface area contributed by atoms with Crippen LogP contribution in [-0.2, 0) is 14.8 Å². The number of carbonyl (C=O) groups is 1. The average molecular weight is 786 g/mol. The number of amides is 1. The monoisotopic (exact) mass is 785 g/mol. The molecular weight excluding hydrogens is 740 g/mol. The van der Waals surface area contributed by atoms with Crippen LogP contribution in [-0.4, -0.2) is 114 Å². The number of aromatic amines is 1. The second-order valence-corrected chi connectivity index (χ2v) is 17.9. The lowest BCUT2D eigenvalue weighted by molar-refractivity contribution is -0.153. The molecule has 0 saturated carbocycles. The van der Waals surface area contributed by atoms with Gasteiger partial charge >= 0.3 is 18.3 Å². The Kier molecular flexibility index (Phi) is 9.93. The predicted molar refractivity (Wildman–Crippen MR) is 203 cm³/mol. The van der Waals surface area contributed by atoms with Crippen molar-refractivity contribution in [2.45, 2.75) is 71.3 Å². The van der Waals surface area contributed by atoms with Crippen molar-refractivity contribution >= 4 is 49.8 Å². The van der Waals surface area contributed by atoms with Gasteiger partial charge in [-0.1, -0.05) is 18.7 Å². The zero-order valence-electron chi connectivity index (χ0n) is 31.6. The van der Waals surface area contributed by atoms with Crippen LogP contribution in [0.2, 0.25) is 0 Å². The van der Waals surface area contributed by atoms with E-state index in [0.717, 1.165) is 24.7 Å². The molecule has 3 saturated heterocycles. The number of piperidine rings is 2. The summed E-state index contributed by atoms with van der Waals surface area (Å²) in [6, 6.07) is 5.49. The van der Waals surface area contributed by atoms with E-state index in [1.165, 1.54) is 4.31 Å². The quantitative estimate of drug-likeness (QED) is 0.205. The number of hydrogen-bond acceptors (Lipinski definition) is 10. The molecule has 0 atom stereocenters. The molecular formula is C38H46F3N7O6S. The lowest BCUT2D eigenvalue weighted by Gasteiger charge is -2.53. The molecule has 4 aromatic rings. The van der Waals surface area contributed by atoms with Gasteiger partial charge in [-0.3, -0.25) is 5.10 Å². The number of sulfonamides is 1. The Morgan fingerprint density at radius 2 is 1.75 bits per heavy atom. The second-order valence-electron chi connectivity index (χ2n) is 15.9. The normalized spacial score (nSPS) is 18.5. The minimum Gasteiger partial charge on any atom is -0.481 e. The lowest BCUT2D eigenvalue weighted by atomic mass is 9.72. The third-order valence-electron chi connectivity index (χ3n) is 10.6. The maximum atomic E-state index is 14.0. The van der Waals surface area contributed by atoms with Crippen LogP contribution >= 0.6 is 0 Å². The molecule has 55 heavy (non-hydrogen) atoms. The standard InChI is InChI=1S/C38H46F3N7O6S/c1-7-24-18-26-31(32(52-22-38(39,40)41)30(24)29-23(2)8-9-28-27(29)19-42-45-28)43-34(53-25-10-14-48(15-11-25)55(6,50)51)44-33(26)46-16-12-37(13-17-46)20-47(21-37)35(49)54-36(3,4)5/h7-9,18-19,25H,1,10-17,20-22H2,2-6H3,(H,42,45). The van der Waals surface area contributed by atoms with Crippen molar-refractivity contribution < 1.29 is 40.6 Å². The van der Waals surface area contributed by atoms with E-state index < -0.39 is 34.5 Å². The highest BCUT2D eigenvalue weighted by Crippen LogP contribution is 2.48. The molecule has 17 heteroatoms. The molecule has 13 nitrogen and oxygen atoms in total. The lowest BCUT2D eigenvalue weighted by Crippen LogP contribution is -2.62. The molecule has 296 valence electrons. The molecule has 3 fully saturated rings. The number of benzene rings is 2. The van der Waals surface area contributed by atoms with Crippen LogP contribution in [0, 0.1) is 12.3 Å². The first kappa shape index (κ1) is 38.6. The number of hydrogen-bond donors (Lipinski definition) is 1. The minimum atomic E-state index is -4.66. The van der Waals surface area contributed by atoms with Crippen LogP contribution in [0.1, 0.15) is 57.6 Å². The van der Waals surface area contributed by atoms with Gasteiger partial charge in [0.15, 0.2) is 12.4 Å². The number of aromatic nitrogens is 4. The highest BCUT2D eigenvalue weighted by molar-refractivity contribution is 7.88. The van der Waals surface area contributed by atoms with Gasteiger partial charge in [0.05, 0.1) is 18.0 Å². The summed E-state index contributed by atoms with van der Waals surface area (Å²) >= 11 is 0. The molecule has 2 aromatic carbocycles. The van der Waals surface area contributed by atoms with Crippen molar-refractivity contribution in [1.82, 2.24) is 29.4 Å². The van der Waals surface area contributed by atoms with Gasteiger partial charge in [0.2, 0.25) is 10.0 Å². The van der Waals surface area contributed by atoms with E-state index >= 15 is 0 Å². The number of anilines is 1. The molecule has 0 unspecified atom stereocenters. The van der Waals surface area contributed by atoms with Gasteiger partial charge in [-0.25, -0.2) is 17.5 Å². The molecule has 5 heterocycles. The van der Waals surface area contributed by atoms with Gasteiger partial charge in [-0.2, -0.15) is 28.2 Å². The largest absolute Gasteiger partial charge is 0.481 e. The fraction of sp³-hybridized carbons (Fsp3) is 0.526. The van der Waals surface area contributed by atoms with Crippen molar-refractivity contribution in [2.24, 2.45) is 5.41 Å². The summed E-state index contributed by atoms with van der Waals surface area (Å²) in [5, 5.41) is 8.29. The Balaban J connectivity index is 1.31. The number of fused-ring (bicyclic) bond motifs is 2. The Bertz CT molecular complexity index is 2230. The highest BCUT2D eigenvalue weighted by Gasteiger charge is 2.48. The number of H-pyrrole nitrogens is 1. The number of likely N-dealkylation sites (tertiary alicyclic amines) is 1. The van der Waals surface area contributed by atoms with E-state index in [1.54, 1.807) is 17.2 Å². The topological polar surface area (TPSA) is 143 Å². The Labute approximate surface area is 317 Å². The minimum absolute atomic E-state index is 0.0484. The zero-order valence-corrected chi connectivity index (χ0v) is 32.4. The maximum Gasteiger partial charge on any atom is 0.422 e. The Morgan fingerprint density at radius 3 is 2.36 bits per heavy atom. The van der Waals surface area contributed by atoms with Crippen molar-refractivity contribution in [3.63, 3.8) is 0 Å². The van der Waals surface area contributed by atoms with Crippen LogP contribution in [0.3, 0.4) is 0 Å². The number of aryl methyl sites for hydroxylation is 1. The summed E-state index contributed by atoms with van der Waals surface area (Å²) in [4.78, 5) is 26.2. The van der Waals surface area contributed by atoms with E-state index in [0.29, 0.717) is 77.8 Å². The number of alkyl halides is 3. The maximum absolute atomic E-state index is 14.0. The predicted octanol–water partition coefficient (Wildman–Crippen LogP) is 6.71. The summed E-state index contributed by atoms with van der Waals surface area (Å²) in [7, 11) is -3.38. The molecule has 0 bridgehead atoms. The van der Waals surface area contributed by atoms with Crippen LogP contribution in [0.15, 0.2) is 31.0 Å². The SMILES string of the molecule is C=Cc1cc2c(N3CCC4(CC3)CN(C(=O)OC(C)(C)C)C4)nc(OC3CCN(S(C)(=O)=O)CC3)nc2c(OCC(F)(F)F)c1-c1c(C)ccc2[nH]ncc12. The zero-order chi connectivity index (χ0) is 39.5. The molecule has 0 radical (unpaired) electrons. The highest BCUT2D eigenvalue weighted by atomic mass is 32.2. The molecule has 0 aliphatic carbocycles. The average Bonchev–Trinajstić information content (AvgIpc) is 3.57. The first-order valence-electron chi connectivity index (χ1n) is 18.3. The molecule has 3 aliphatic heterocycles. The van der Waals surface area contributed by atoms with Gasteiger partial charge < -0.3 is 24.0 Å². The third kappa shape index (κ3) is 8.04. The molecule has 1 N–H and O–H groups in total. The first-order chi connectivity index (χ1) is 25.8. The Morgan fingerprint density at radius 1 is 1.05 bits per heavy atom. The molecule has 1 amide bonds. The first-order valence-corrected chi connectivity index (χ1v) is 20.2. The number of carbonyl (C=O) groups excluding carboxylic acids is 1. The molecule has 3 aliphatic rings. The fourth-order valence-corrected chi connectivity index (χ4v) is 8.72. The number of rotatable bonds is 8. The van der Waals surface area contributed by atoms with E-state index in [1.807, 2.05) is 45.9 Å². The number of nitrogens with one attached hydrogen (secondary N) is 1. The van der Waals surface area contributed by atoms with E-state index in [9.17, 15) is 26.4 Å². The van der Waals surface area contributed by atoms with E-state index in [-0.39, 0.29) is 41.9 Å². The fourth-order valence-electron chi connectivity index (χ4n) is 7.85.